The summed E-state index contributed by atoms with van der Waals surface area (Å²) in [6, 6.07) is 7.25. The number of nitrogens with two attached hydrogens (primary N) is 1. The molecule has 2 N–H and O–H groups in total. The van der Waals surface area contributed by atoms with E-state index in [1.54, 1.807) is 0 Å². The zero-order valence-electron chi connectivity index (χ0n) is 13.7. The molecule has 1 unspecified atom stereocenters. The van der Waals surface area contributed by atoms with Gasteiger partial charge in [-0.15, -0.1) is 0 Å². The third-order valence-electron chi connectivity index (χ3n) is 4.20. The minimum absolute atomic E-state index is 0.144. The van der Waals surface area contributed by atoms with Crippen LogP contribution in [0.15, 0.2) is 28.8 Å². The summed E-state index contributed by atoms with van der Waals surface area (Å²) in [6.07, 6.45) is 2.10. The number of hydrogen-bond acceptors (Lipinski definition) is 6. The lowest BCUT2D eigenvalue weighted by atomic mass is 10.1. The molecule has 2 aromatic rings. The quantitative estimate of drug-likeness (QED) is 0.855. The molecule has 1 saturated heterocycles. The molecule has 1 aromatic carbocycles. The molecule has 24 heavy (non-hydrogen) atoms. The van der Waals surface area contributed by atoms with Crippen molar-refractivity contribution in [3.63, 3.8) is 0 Å². The third kappa shape index (κ3) is 3.35. The van der Waals surface area contributed by atoms with E-state index < -0.39 is 10.0 Å². The molecule has 0 saturated carbocycles. The van der Waals surface area contributed by atoms with Crippen LogP contribution >= 0.6 is 0 Å². The van der Waals surface area contributed by atoms with Gasteiger partial charge < -0.3 is 10.3 Å². The average molecular weight is 350 g/mol. The molecule has 8 heteroatoms. The van der Waals surface area contributed by atoms with Gasteiger partial charge in [-0.05, 0) is 24.8 Å². The Morgan fingerprint density at radius 2 is 2.08 bits per heavy atom. The van der Waals surface area contributed by atoms with E-state index in [1.807, 2.05) is 31.2 Å². The molecule has 0 spiro atoms. The van der Waals surface area contributed by atoms with Crippen molar-refractivity contribution < 1.29 is 12.9 Å². The number of hydrogen-bond donors (Lipinski definition) is 1. The molecule has 1 aliphatic rings. The van der Waals surface area contributed by atoms with E-state index in [-0.39, 0.29) is 11.8 Å². The monoisotopic (exact) mass is 350 g/mol. The zero-order valence-corrected chi connectivity index (χ0v) is 14.5. The second kappa shape index (κ2) is 7.00. The smallest absolute Gasteiger partial charge is 0.245 e. The van der Waals surface area contributed by atoms with Crippen molar-refractivity contribution in [1.82, 2.24) is 14.4 Å². The van der Waals surface area contributed by atoms with Gasteiger partial charge in [0.2, 0.25) is 21.7 Å². The van der Waals surface area contributed by atoms with Crippen molar-refractivity contribution in [2.24, 2.45) is 5.73 Å². The Labute approximate surface area is 141 Å². The van der Waals surface area contributed by atoms with Crippen LogP contribution in [0.1, 0.15) is 43.7 Å². The molecule has 130 valence electrons. The summed E-state index contributed by atoms with van der Waals surface area (Å²) in [7, 11) is -3.28. The first-order valence-corrected chi connectivity index (χ1v) is 9.78. The highest BCUT2D eigenvalue weighted by Gasteiger charge is 2.38. The molecule has 3 rings (SSSR count). The number of sulfonamides is 1. The molecule has 0 aliphatic carbocycles. The normalized spacial score (nSPS) is 19.0. The van der Waals surface area contributed by atoms with Gasteiger partial charge in [-0.25, -0.2) is 8.42 Å². The highest BCUT2D eigenvalue weighted by Crippen LogP contribution is 2.34. The summed E-state index contributed by atoms with van der Waals surface area (Å²) >= 11 is 0. The molecular formula is C16H22N4O3S. The van der Waals surface area contributed by atoms with Crippen LogP contribution in [0.3, 0.4) is 0 Å². The van der Waals surface area contributed by atoms with Gasteiger partial charge in [0.15, 0.2) is 0 Å². The van der Waals surface area contributed by atoms with Crippen LogP contribution in [0.25, 0.3) is 11.4 Å². The Hall–Kier alpha value is -1.77. The van der Waals surface area contributed by atoms with Gasteiger partial charge in [0.25, 0.3) is 0 Å². The maximum atomic E-state index is 12.4. The van der Waals surface area contributed by atoms with Crippen molar-refractivity contribution in [3.8, 4) is 11.4 Å². The molecule has 0 amide bonds. The van der Waals surface area contributed by atoms with Crippen molar-refractivity contribution in [1.29, 1.82) is 0 Å². The Kier molecular flexibility index (Phi) is 4.98. The molecule has 1 aromatic heterocycles. The summed E-state index contributed by atoms with van der Waals surface area (Å²) in [5, 5.41) is 4.01. The summed E-state index contributed by atoms with van der Waals surface area (Å²) in [5.74, 6) is 0.976. The number of benzene rings is 1. The van der Waals surface area contributed by atoms with E-state index in [4.69, 9.17) is 10.3 Å². The van der Waals surface area contributed by atoms with Crippen LogP contribution in [0.2, 0.25) is 0 Å². The first-order chi connectivity index (χ1) is 11.5. The van der Waals surface area contributed by atoms with Crippen LogP contribution in [0.4, 0.5) is 0 Å². The number of rotatable bonds is 6. The molecule has 0 bridgehead atoms. The maximum Gasteiger partial charge on any atom is 0.245 e. The number of aromatic nitrogens is 2. The predicted octanol–water partition coefficient (Wildman–Crippen LogP) is 2.07. The maximum absolute atomic E-state index is 12.4. The Bertz CT molecular complexity index is 786. The first-order valence-electron chi connectivity index (χ1n) is 8.17. The second-order valence-electron chi connectivity index (χ2n) is 5.94. The zero-order chi connectivity index (χ0) is 17.2. The van der Waals surface area contributed by atoms with Gasteiger partial charge in [-0.1, -0.05) is 36.3 Å². The third-order valence-corrected chi connectivity index (χ3v) is 6.27. The van der Waals surface area contributed by atoms with Gasteiger partial charge in [0.1, 0.15) is 6.04 Å². The Morgan fingerprint density at radius 1 is 1.33 bits per heavy atom. The molecule has 2 heterocycles. The van der Waals surface area contributed by atoms with Gasteiger partial charge in [-0.3, -0.25) is 0 Å². The fraction of sp³-hybridized carbons (Fsp3) is 0.500. The van der Waals surface area contributed by atoms with E-state index in [1.165, 1.54) is 4.31 Å². The summed E-state index contributed by atoms with van der Waals surface area (Å²) in [4.78, 5) is 4.43. The van der Waals surface area contributed by atoms with Crippen molar-refractivity contribution in [3.05, 3.63) is 35.7 Å². The Balaban J connectivity index is 1.84. The predicted molar refractivity (Wildman–Crippen MR) is 90.4 cm³/mol. The van der Waals surface area contributed by atoms with Crippen LogP contribution in [0.5, 0.6) is 0 Å². The second-order valence-corrected chi connectivity index (χ2v) is 7.98. The van der Waals surface area contributed by atoms with E-state index in [2.05, 4.69) is 10.1 Å². The van der Waals surface area contributed by atoms with Crippen molar-refractivity contribution >= 4 is 10.0 Å². The molecule has 0 radical (unpaired) electrons. The van der Waals surface area contributed by atoms with Gasteiger partial charge in [0.05, 0.1) is 5.75 Å². The Morgan fingerprint density at radius 3 is 2.75 bits per heavy atom. The highest BCUT2D eigenvalue weighted by atomic mass is 32.2. The lowest BCUT2D eigenvalue weighted by Crippen LogP contribution is -2.32. The molecule has 1 atom stereocenters. The summed E-state index contributed by atoms with van der Waals surface area (Å²) < 4.78 is 31.7. The largest absolute Gasteiger partial charge is 0.337 e. The van der Waals surface area contributed by atoms with Crippen LogP contribution in [0, 0.1) is 0 Å². The fourth-order valence-electron chi connectivity index (χ4n) is 2.97. The molecule has 7 nitrogen and oxygen atoms in total. The summed E-state index contributed by atoms with van der Waals surface area (Å²) in [5.41, 5.74) is 7.44. The van der Waals surface area contributed by atoms with Crippen LogP contribution in [-0.2, 0) is 16.6 Å². The SMILES string of the molecule is CCCS(=O)(=O)N1CCCC1c1nc(-c2ccc(CN)cc2)no1. The van der Waals surface area contributed by atoms with E-state index in [0.29, 0.717) is 37.6 Å². The van der Waals surface area contributed by atoms with Gasteiger partial charge in [0, 0.05) is 18.7 Å². The lowest BCUT2D eigenvalue weighted by Gasteiger charge is -2.20. The van der Waals surface area contributed by atoms with Gasteiger partial charge in [-0.2, -0.15) is 9.29 Å². The van der Waals surface area contributed by atoms with Crippen LogP contribution < -0.4 is 5.73 Å². The highest BCUT2D eigenvalue weighted by molar-refractivity contribution is 7.89. The minimum atomic E-state index is -3.28. The van der Waals surface area contributed by atoms with Crippen molar-refractivity contribution in [2.75, 3.05) is 12.3 Å². The standard InChI is InChI=1S/C16H22N4O3S/c1-2-10-24(21,22)20-9-3-4-14(20)16-18-15(19-23-16)13-7-5-12(11-17)6-8-13/h5-8,14H,2-4,9-11,17H2,1H3. The minimum Gasteiger partial charge on any atom is -0.337 e. The van der Waals surface area contributed by atoms with Crippen LogP contribution in [-0.4, -0.2) is 35.2 Å². The van der Waals surface area contributed by atoms with E-state index >= 15 is 0 Å². The molecular weight excluding hydrogens is 328 g/mol. The van der Waals surface area contributed by atoms with Crippen molar-refractivity contribution in [2.45, 2.75) is 38.8 Å². The van der Waals surface area contributed by atoms with Gasteiger partial charge >= 0.3 is 0 Å². The fourth-order valence-corrected chi connectivity index (χ4v) is 4.71. The first kappa shape index (κ1) is 17.1. The van der Waals surface area contributed by atoms with E-state index in [0.717, 1.165) is 17.5 Å². The molecule has 1 aliphatic heterocycles. The average Bonchev–Trinajstić information content (AvgIpc) is 3.24. The molecule has 1 fully saturated rings. The lowest BCUT2D eigenvalue weighted by molar-refractivity contribution is 0.290. The number of nitrogens with zero attached hydrogens (tertiary/aromatic N) is 3. The summed E-state index contributed by atoms with van der Waals surface area (Å²) in [6.45, 7) is 2.85. The topological polar surface area (TPSA) is 102 Å². The van der Waals surface area contributed by atoms with E-state index in [9.17, 15) is 8.42 Å².